The van der Waals surface area contributed by atoms with E-state index in [-0.39, 0.29) is 5.54 Å². The first-order valence-corrected chi connectivity index (χ1v) is 6.83. The van der Waals surface area contributed by atoms with Crippen LogP contribution >= 0.6 is 27.3 Å². The van der Waals surface area contributed by atoms with Gasteiger partial charge in [-0.05, 0) is 53.7 Å². The quantitative estimate of drug-likeness (QED) is 0.815. The Hall–Kier alpha value is 0.100. The first-order valence-electron chi connectivity index (χ1n) is 5.16. The highest BCUT2D eigenvalue weighted by atomic mass is 79.9. The van der Waals surface area contributed by atoms with Crippen molar-refractivity contribution >= 4 is 27.3 Å². The van der Waals surface area contributed by atoms with Gasteiger partial charge in [0.15, 0.2) is 0 Å². The highest BCUT2D eigenvalue weighted by Gasteiger charge is 2.06. The van der Waals surface area contributed by atoms with Gasteiger partial charge < -0.3 is 10.6 Å². The van der Waals surface area contributed by atoms with Crippen molar-refractivity contribution in [2.75, 3.05) is 13.1 Å². The van der Waals surface area contributed by atoms with Crippen LogP contribution in [-0.4, -0.2) is 18.6 Å². The van der Waals surface area contributed by atoms with Gasteiger partial charge >= 0.3 is 0 Å². The van der Waals surface area contributed by atoms with E-state index in [2.05, 4.69) is 58.8 Å². The zero-order chi connectivity index (χ0) is 11.3. The number of hydrogen-bond donors (Lipinski definition) is 2. The monoisotopic (exact) mass is 290 g/mol. The summed E-state index contributed by atoms with van der Waals surface area (Å²) < 4.78 is 1.20. The van der Waals surface area contributed by atoms with Gasteiger partial charge in [0.25, 0.3) is 0 Å². The molecule has 2 nitrogen and oxygen atoms in total. The third-order valence-electron chi connectivity index (χ3n) is 1.91. The average Bonchev–Trinajstić information content (AvgIpc) is 2.49. The molecule has 15 heavy (non-hydrogen) atoms. The molecular weight excluding hydrogens is 272 g/mol. The number of rotatable bonds is 5. The van der Waals surface area contributed by atoms with Crippen LogP contribution in [0.3, 0.4) is 0 Å². The second-order valence-electron chi connectivity index (χ2n) is 4.61. The standard InChI is InChI=1S/C11H19BrN2S/c1-11(2,3)14-5-4-13-7-9-6-10(12)15-8-9/h6,8,13-14H,4-5,7H2,1-3H3. The minimum atomic E-state index is 0.215. The molecule has 0 aliphatic heterocycles. The molecule has 4 heteroatoms. The van der Waals surface area contributed by atoms with Crippen LogP contribution in [0.1, 0.15) is 26.3 Å². The lowest BCUT2D eigenvalue weighted by Crippen LogP contribution is -2.40. The lowest BCUT2D eigenvalue weighted by atomic mass is 10.1. The first kappa shape index (κ1) is 13.2. The van der Waals surface area contributed by atoms with Crippen LogP contribution in [-0.2, 0) is 6.54 Å². The van der Waals surface area contributed by atoms with Gasteiger partial charge in [0.2, 0.25) is 0 Å². The zero-order valence-corrected chi connectivity index (χ0v) is 12.0. The molecule has 0 atom stereocenters. The molecular formula is C11H19BrN2S. The van der Waals surface area contributed by atoms with Crippen LogP contribution in [0.25, 0.3) is 0 Å². The second-order valence-corrected chi connectivity index (χ2v) is 6.90. The van der Waals surface area contributed by atoms with E-state index in [4.69, 9.17) is 0 Å². The summed E-state index contributed by atoms with van der Waals surface area (Å²) >= 11 is 5.19. The van der Waals surface area contributed by atoms with Gasteiger partial charge in [0.1, 0.15) is 0 Å². The molecule has 1 aromatic rings. The summed E-state index contributed by atoms with van der Waals surface area (Å²) in [5, 5.41) is 9.03. The molecule has 0 saturated carbocycles. The SMILES string of the molecule is CC(C)(C)NCCNCc1csc(Br)c1. The maximum atomic E-state index is 3.46. The molecule has 0 aliphatic rings. The van der Waals surface area contributed by atoms with E-state index in [0.717, 1.165) is 19.6 Å². The molecule has 0 spiro atoms. The summed E-state index contributed by atoms with van der Waals surface area (Å²) in [4.78, 5) is 0. The Morgan fingerprint density at radius 1 is 1.33 bits per heavy atom. The molecule has 0 unspecified atom stereocenters. The van der Waals surface area contributed by atoms with Crippen LogP contribution in [0.4, 0.5) is 0 Å². The zero-order valence-electron chi connectivity index (χ0n) is 9.56. The second kappa shape index (κ2) is 5.99. The number of halogens is 1. The summed E-state index contributed by atoms with van der Waals surface area (Å²) in [6.07, 6.45) is 0. The van der Waals surface area contributed by atoms with Gasteiger partial charge in [-0.3, -0.25) is 0 Å². The number of thiophene rings is 1. The Balaban J connectivity index is 2.07. The van der Waals surface area contributed by atoms with Crippen molar-refractivity contribution < 1.29 is 0 Å². The topological polar surface area (TPSA) is 24.1 Å². The molecule has 2 N–H and O–H groups in total. The van der Waals surface area contributed by atoms with Gasteiger partial charge in [-0.2, -0.15) is 0 Å². The molecule has 0 bridgehead atoms. The maximum Gasteiger partial charge on any atom is 0.0701 e. The molecule has 1 aromatic heterocycles. The van der Waals surface area contributed by atoms with E-state index in [1.807, 2.05) is 0 Å². The van der Waals surface area contributed by atoms with Crippen molar-refractivity contribution in [1.29, 1.82) is 0 Å². The van der Waals surface area contributed by atoms with Crippen molar-refractivity contribution in [3.8, 4) is 0 Å². The van der Waals surface area contributed by atoms with Crippen molar-refractivity contribution in [2.24, 2.45) is 0 Å². The van der Waals surface area contributed by atoms with Crippen molar-refractivity contribution in [3.05, 3.63) is 20.8 Å². The van der Waals surface area contributed by atoms with Crippen LogP contribution < -0.4 is 10.6 Å². The molecule has 0 fully saturated rings. The number of nitrogens with one attached hydrogen (secondary N) is 2. The fourth-order valence-electron chi connectivity index (χ4n) is 1.20. The summed E-state index contributed by atoms with van der Waals surface area (Å²) in [5.41, 5.74) is 1.57. The average molecular weight is 291 g/mol. The van der Waals surface area contributed by atoms with Crippen molar-refractivity contribution in [1.82, 2.24) is 10.6 Å². The Labute approximate surface area is 105 Å². The third kappa shape index (κ3) is 6.30. The molecule has 86 valence electrons. The third-order valence-corrected chi connectivity index (χ3v) is 3.46. The summed E-state index contributed by atoms with van der Waals surface area (Å²) in [7, 11) is 0. The normalized spacial score (nSPS) is 12.0. The van der Waals surface area contributed by atoms with Crippen LogP contribution in [0.5, 0.6) is 0 Å². The van der Waals surface area contributed by atoms with E-state index in [1.165, 1.54) is 9.35 Å². The van der Waals surface area contributed by atoms with E-state index in [1.54, 1.807) is 11.3 Å². The van der Waals surface area contributed by atoms with E-state index >= 15 is 0 Å². The Bertz CT molecular complexity index is 291. The summed E-state index contributed by atoms with van der Waals surface area (Å²) in [6.45, 7) is 9.52. The lowest BCUT2D eigenvalue weighted by Gasteiger charge is -2.20. The molecule has 0 saturated heterocycles. The molecule has 0 radical (unpaired) electrons. The predicted octanol–water partition coefficient (Wildman–Crippen LogP) is 2.99. The maximum absolute atomic E-state index is 3.46. The minimum Gasteiger partial charge on any atom is -0.311 e. The lowest BCUT2D eigenvalue weighted by molar-refractivity contribution is 0.421. The van der Waals surface area contributed by atoms with Crippen LogP contribution in [0.15, 0.2) is 15.2 Å². The van der Waals surface area contributed by atoms with Crippen LogP contribution in [0.2, 0.25) is 0 Å². The van der Waals surface area contributed by atoms with E-state index < -0.39 is 0 Å². The Kier molecular flexibility index (Phi) is 5.26. The van der Waals surface area contributed by atoms with Gasteiger partial charge in [-0.15, -0.1) is 11.3 Å². The van der Waals surface area contributed by atoms with Crippen LogP contribution in [0, 0.1) is 0 Å². The fraction of sp³-hybridized carbons (Fsp3) is 0.636. The predicted molar refractivity (Wildman–Crippen MR) is 71.5 cm³/mol. The molecule has 1 rings (SSSR count). The number of hydrogen-bond acceptors (Lipinski definition) is 3. The molecule has 0 amide bonds. The minimum absolute atomic E-state index is 0.215. The largest absolute Gasteiger partial charge is 0.311 e. The first-order chi connectivity index (χ1) is 6.97. The molecule has 0 aliphatic carbocycles. The smallest absolute Gasteiger partial charge is 0.0701 e. The Morgan fingerprint density at radius 2 is 2.07 bits per heavy atom. The highest BCUT2D eigenvalue weighted by Crippen LogP contribution is 2.20. The summed E-state index contributed by atoms with van der Waals surface area (Å²) in [5.74, 6) is 0. The van der Waals surface area contributed by atoms with Gasteiger partial charge in [0.05, 0.1) is 3.79 Å². The van der Waals surface area contributed by atoms with Crippen molar-refractivity contribution in [3.63, 3.8) is 0 Å². The fourth-order valence-corrected chi connectivity index (χ4v) is 2.41. The molecule has 1 heterocycles. The van der Waals surface area contributed by atoms with E-state index in [0.29, 0.717) is 0 Å². The summed E-state index contributed by atoms with van der Waals surface area (Å²) in [6, 6.07) is 2.16. The molecule has 0 aromatic carbocycles. The van der Waals surface area contributed by atoms with E-state index in [9.17, 15) is 0 Å². The van der Waals surface area contributed by atoms with Gasteiger partial charge in [0, 0.05) is 25.2 Å². The Morgan fingerprint density at radius 3 is 2.60 bits per heavy atom. The van der Waals surface area contributed by atoms with Gasteiger partial charge in [-0.25, -0.2) is 0 Å². The highest BCUT2D eigenvalue weighted by molar-refractivity contribution is 9.11. The van der Waals surface area contributed by atoms with Crippen molar-refractivity contribution in [2.45, 2.75) is 32.9 Å². The van der Waals surface area contributed by atoms with Gasteiger partial charge in [-0.1, -0.05) is 0 Å².